The number of fused-ring (bicyclic) bond motifs is 1. The maximum atomic E-state index is 13.0. The number of hydrazone groups is 1. The predicted molar refractivity (Wildman–Crippen MR) is 164 cm³/mol. The summed E-state index contributed by atoms with van der Waals surface area (Å²) in [7, 11) is 1.62. The Morgan fingerprint density at radius 2 is 1.79 bits per heavy atom. The van der Waals surface area contributed by atoms with Crippen LogP contribution in [-0.4, -0.2) is 48.8 Å². The topological polar surface area (TPSA) is 117 Å². The highest BCUT2D eigenvalue weighted by Crippen LogP contribution is 2.24. The van der Waals surface area contributed by atoms with Gasteiger partial charge in [0.05, 0.1) is 19.2 Å². The van der Waals surface area contributed by atoms with E-state index in [9.17, 15) is 9.59 Å². The van der Waals surface area contributed by atoms with Crippen LogP contribution >= 0.6 is 0 Å². The van der Waals surface area contributed by atoms with Gasteiger partial charge < -0.3 is 30.5 Å². The lowest BCUT2D eigenvalue weighted by Gasteiger charge is -2.20. The number of nitrogens with one attached hydrogen (secondary N) is 4. The number of aromatic amines is 1. The summed E-state index contributed by atoms with van der Waals surface area (Å²) in [6.45, 7) is 2.17. The first kappa shape index (κ1) is 28.7. The van der Waals surface area contributed by atoms with Crippen LogP contribution in [0.15, 0.2) is 84.1 Å². The number of H-pyrrole nitrogens is 1. The van der Waals surface area contributed by atoms with E-state index in [-0.39, 0.29) is 30.5 Å². The number of para-hydroxylation sites is 2. The molecule has 1 aromatic heterocycles. The molecule has 2 amide bonds. The zero-order valence-corrected chi connectivity index (χ0v) is 24.0. The highest BCUT2D eigenvalue weighted by atomic mass is 16.5. The van der Waals surface area contributed by atoms with Gasteiger partial charge >= 0.3 is 0 Å². The molecule has 2 atom stereocenters. The molecule has 2 heterocycles. The number of aryl methyl sites for hydroxylation is 1. The number of ether oxygens (including phenoxy) is 2. The molecule has 0 saturated carbocycles. The normalized spacial score (nSPS) is 15.0. The Labute approximate surface area is 245 Å². The fourth-order valence-electron chi connectivity index (χ4n) is 5.21. The molecular formula is C33H37N5O4. The van der Waals surface area contributed by atoms with Crippen LogP contribution in [0.3, 0.4) is 0 Å². The van der Waals surface area contributed by atoms with E-state index >= 15 is 0 Å². The summed E-state index contributed by atoms with van der Waals surface area (Å²) in [6, 6.07) is 23.3. The minimum atomic E-state index is -0.324. The van der Waals surface area contributed by atoms with Crippen LogP contribution in [0.5, 0.6) is 11.5 Å². The predicted octanol–water partition coefficient (Wildman–Crippen LogP) is 4.44. The van der Waals surface area contributed by atoms with Crippen molar-refractivity contribution in [3.8, 4) is 11.5 Å². The van der Waals surface area contributed by atoms with Crippen LogP contribution in [0.4, 0.5) is 0 Å². The zero-order chi connectivity index (χ0) is 29.3. The van der Waals surface area contributed by atoms with Crippen LogP contribution in [0.25, 0.3) is 10.9 Å². The van der Waals surface area contributed by atoms with Crippen LogP contribution in [-0.2, 0) is 22.4 Å². The average Bonchev–Trinajstić information content (AvgIpc) is 3.64. The second-order valence-electron chi connectivity index (χ2n) is 10.5. The molecule has 2 unspecified atom stereocenters. The number of methoxy groups -OCH3 is 1. The third-order valence-electron chi connectivity index (χ3n) is 7.43. The minimum absolute atomic E-state index is 0.0900. The second-order valence-corrected chi connectivity index (χ2v) is 10.5. The summed E-state index contributed by atoms with van der Waals surface area (Å²) in [5.41, 5.74) is 8.39. The number of amides is 2. The van der Waals surface area contributed by atoms with Crippen LogP contribution in [0.1, 0.15) is 42.5 Å². The molecule has 0 fully saturated rings. The maximum Gasteiger partial charge on any atom is 0.258 e. The molecule has 4 aromatic rings. The Kier molecular flexibility index (Phi) is 9.38. The van der Waals surface area contributed by atoms with Crippen molar-refractivity contribution in [2.75, 3.05) is 20.3 Å². The third kappa shape index (κ3) is 7.48. The molecule has 1 aliphatic rings. The molecule has 218 valence electrons. The van der Waals surface area contributed by atoms with Crippen molar-refractivity contribution in [3.05, 3.63) is 95.7 Å². The van der Waals surface area contributed by atoms with Crippen molar-refractivity contribution < 1.29 is 19.1 Å². The first-order chi connectivity index (χ1) is 20.5. The molecule has 9 heteroatoms. The van der Waals surface area contributed by atoms with Gasteiger partial charge in [-0.2, -0.15) is 5.10 Å². The lowest BCUT2D eigenvalue weighted by molar-refractivity contribution is -0.125. The molecule has 0 spiro atoms. The summed E-state index contributed by atoms with van der Waals surface area (Å²) in [5, 5.41) is 11.4. The number of rotatable bonds is 13. The van der Waals surface area contributed by atoms with E-state index in [1.165, 1.54) is 0 Å². The smallest absolute Gasteiger partial charge is 0.258 e. The molecule has 0 saturated heterocycles. The monoisotopic (exact) mass is 567 g/mol. The largest absolute Gasteiger partial charge is 0.496 e. The van der Waals surface area contributed by atoms with Crippen molar-refractivity contribution in [1.29, 1.82) is 0 Å². The van der Waals surface area contributed by atoms with Gasteiger partial charge in [0, 0.05) is 42.2 Å². The first-order valence-corrected chi connectivity index (χ1v) is 14.2. The number of nitrogens with zero attached hydrogens (tertiary/aromatic N) is 1. The Bertz CT molecular complexity index is 1550. The summed E-state index contributed by atoms with van der Waals surface area (Å²) in [6.07, 6.45) is 4.25. The Morgan fingerprint density at radius 1 is 1.00 bits per heavy atom. The molecule has 5 rings (SSSR count). The van der Waals surface area contributed by atoms with Gasteiger partial charge in [0.25, 0.3) is 5.91 Å². The fraction of sp³-hybridized carbons (Fsp3) is 0.303. The lowest BCUT2D eigenvalue weighted by atomic mass is 10.0. The van der Waals surface area contributed by atoms with E-state index < -0.39 is 0 Å². The molecule has 4 N–H and O–H groups in total. The number of carbonyl (C=O) groups excluding carboxylic acids is 2. The Morgan fingerprint density at radius 3 is 2.57 bits per heavy atom. The second kappa shape index (κ2) is 13.7. The quantitative estimate of drug-likeness (QED) is 0.191. The molecule has 9 nitrogen and oxygen atoms in total. The molecule has 42 heavy (non-hydrogen) atoms. The van der Waals surface area contributed by atoms with Gasteiger partial charge in [0.1, 0.15) is 11.5 Å². The number of hydrogen-bond donors (Lipinski definition) is 4. The number of benzene rings is 3. The SMILES string of the molecule is COc1ccccc1CCC(=O)NCC(Cc1c[nH]c2ccccc12)NC(=O)COc1ccc(C2CC(C)=NN2)cc1. The molecule has 1 aliphatic heterocycles. The van der Waals surface area contributed by atoms with E-state index in [2.05, 4.69) is 26.1 Å². The Hall–Kier alpha value is -4.79. The molecular weight excluding hydrogens is 530 g/mol. The van der Waals surface area contributed by atoms with Crippen molar-refractivity contribution in [3.63, 3.8) is 0 Å². The summed E-state index contributed by atoms with van der Waals surface area (Å²) < 4.78 is 11.2. The highest BCUT2D eigenvalue weighted by molar-refractivity contribution is 5.84. The summed E-state index contributed by atoms with van der Waals surface area (Å²) in [4.78, 5) is 29.0. The van der Waals surface area contributed by atoms with Crippen molar-refractivity contribution in [1.82, 2.24) is 21.0 Å². The van der Waals surface area contributed by atoms with E-state index in [0.29, 0.717) is 31.6 Å². The van der Waals surface area contributed by atoms with Crippen molar-refractivity contribution in [2.24, 2.45) is 5.10 Å². The average molecular weight is 568 g/mol. The van der Waals surface area contributed by atoms with Gasteiger partial charge in [-0.25, -0.2) is 0 Å². The molecule has 3 aromatic carbocycles. The Balaban J connectivity index is 1.17. The first-order valence-electron chi connectivity index (χ1n) is 14.2. The van der Waals surface area contributed by atoms with Crippen LogP contribution in [0.2, 0.25) is 0 Å². The van der Waals surface area contributed by atoms with Gasteiger partial charge in [0.2, 0.25) is 5.91 Å². The fourth-order valence-corrected chi connectivity index (χ4v) is 5.21. The summed E-state index contributed by atoms with van der Waals surface area (Å²) >= 11 is 0. The molecule has 0 bridgehead atoms. The van der Waals surface area contributed by atoms with Gasteiger partial charge in [-0.15, -0.1) is 0 Å². The van der Waals surface area contributed by atoms with Gasteiger partial charge in [-0.05, 0) is 60.7 Å². The van der Waals surface area contributed by atoms with E-state index in [0.717, 1.165) is 45.5 Å². The zero-order valence-electron chi connectivity index (χ0n) is 24.0. The van der Waals surface area contributed by atoms with Gasteiger partial charge in [-0.3, -0.25) is 9.59 Å². The third-order valence-corrected chi connectivity index (χ3v) is 7.43. The highest BCUT2D eigenvalue weighted by Gasteiger charge is 2.19. The number of hydrogen-bond acceptors (Lipinski definition) is 6. The van der Waals surface area contributed by atoms with E-state index in [4.69, 9.17) is 9.47 Å². The van der Waals surface area contributed by atoms with E-state index in [1.54, 1.807) is 7.11 Å². The van der Waals surface area contributed by atoms with E-state index in [1.807, 2.05) is 85.9 Å². The lowest BCUT2D eigenvalue weighted by Crippen LogP contribution is -2.46. The van der Waals surface area contributed by atoms with Gasteiger partial charge in [-0.1, -0.05) is 48.5 Å². The number of aromatic nitrogens is 1. The summed E-state index contributed by atoms with van der Waals surface area (Å²) in [5.74, 6) is 1.03. The minimum Gasteiger partial charge on any atom is -0.496 e. The van der Waals surface area contributed by atoms with Crippen molar-refractivity contribution >= 4 is 28.4 Å². The number of carbonyl (C=O) groups is 2. The van der Waals surface area contributed by atoms with Crippen molar-refractivity contribution in [2.45, 2.75) is 44.7 Å². The van der Waals surface area contributed by atoms with Gasteiger partial charge in [0.15, 0.2) is 6.61 Å². The van der Waals surface area contributed by atoms with Crippen LogP contribution in [0, 0.1) is 0 Å². The maximum absolute atomic E-state index is 13.0. The van der Waals surface area contributed by atoms with Crippen LogP contribution < -0.4 is 25.5 Å². The molecule has 0 aliphatic carbocycles. The standard InChI is InChI=1S/C33H37N5O4/c1-22-17-30(38-37-22)23-11-14-27(15-12-23)42-21-33(40)36-26(18-25-19-34-29-9-5-4-8-28(25)29)20-35-32(39)16-13-24-7-3-6-10-31(24)41-2/h3-12,14-15,19,26,30,34,38H,13,16-18,20-21H2,1-2H3,(H,35,39)(H,36,40). The molecule has 0 radical (unpaired) electrons.